The molecule has 0 bridgehead atoms. The fourth-order valence-corrected chi connectivity index (χ4v) is 5.37. The topological polar surface area (TPSA) is 62.2 Å². The number of thiazole rings is 1. The zero-order chi connectivity index (χ0) is 24.4. The summed E-state index contributed by atoms with van der Waals surface area (Å²) >= 11 is 1.42. The first-order chi connectivity index (χ1) is 16.9. The van der Waals surface area contributed by atoms with Gasteiger partial charge in [-0.2, -0.15) is 0 Å². The third kappa shape index (κ3) is 4.55. The van der Waals surface area contributed by atoms with Gasteiger partial charge in [-0.25, -0.2) is 4.98 Å². The maximum absolute atomic E-state index is 13.7. The van der Waals surface area contributed by atoms with Gasteiger partial charge in [0.1, 0.15) is 5.75 Å². The van der Waals surface area contributed by atoms with E-state index in [1.807, 2.05) is 79.9 Å². The van der Waals surface area contributed by atoms with Crippen LogP contribution < -0.4 is 5.32 Å². The average molecular weight is 479 g/mol. The van der Waals surface area contributed by atoms with Crippen molar-refractivity contribution in [2.24, 2.45) is 5.41 Å². The Balaban J connectivity index is 1.46. The maximum atomic E-state index is 13.7. The quantitative estimate of drug-likeness (QED) is 0.266. The first-order valence-corrected chi connectivity index (χ1v) is 12.4. The Bertz CT molecular complexity index is 1490. The summed E-state index contributed by atoms with van der Waals surface area (Å²) in [6, 6.07) is 31.5. The van der Waals surface area contributed by atoms with Crippen LogP contribution in [0.25, 0.3) is 22.0 Å². The molecule has 0 spiro atoms. The van der Waals surface area contributed by atoms with Crippen molar-refractivity contribution in [3.05, 3.63) is 114 Å². The lowest BCUT2D eigenvalue weighted by Gasteiger charge is -2.33. The second-order valence-corrected chi connectivity index (χ2v) is 10.0. The van der Waals surface area contributed by atoms with Crippen molar-refractivity contribution in [2.45, 2.75) is 19.8 Å². The van der Waals surface area contributed by atoms with E-state index < -0.39 is 5.41 Å². The number of aromatic hydroxyl groups is 1. The predicted molar refractivity (Wildman–Crippen MR) is 144 cm³/mol. The molecule has 1 heterocycles. The fraction of sp³-hybridized carbons (Fsp3) is 0.133. The van der Waals surface area contributed by atoms with Gasteiger partial charge in [-0.1, -0.05) is 98.8 Å². The summed E-state index contributed by atoms with van der Waals surface area (Å²) in [6.07, 6.45) is 0. The number of nitrogens with one attached hydrogen (secondary N) is 1. The minimum Gasteiger partial charge on any atom is -0.508 e. The number of rotatable bonds is 6. The normalized spacial score (nSPS) is 12.4. The van der Waals surface area contributed by atoms with Crippen molar-refractivity contribution in [3.63, 3.8) is 0 Å². The van der Waals surface area contributed by atoms with Gasteiger partial charge in [0.25, 0.3) is 0 Å². The number of benzene rings is 4. The summed E-state index contributed by atoms with van der Waals surface area (Å²) in [5.41, 5.74) is 2.95. The van der Waals surface area contributed by atoms with Crippen LogP contribution in [0.5, 0.6) is 5.75 Å². The van der Waals surface area contributed by atoms with Crippen LogP contribution in [-0.2, 0) is 4.79 Å². The van der Waals surface area contributed by atoms with Crippen LogP contribution in [0.4, 0.5) is 5.13 Å². The Morgan fingerprint density at radius 2 is 1.57 bits per heavy atom. The molecular formula is C30H26N2O2S. The second-order valence-electron chi connectivity index (χ2n) is 9.18. The maximum Gasteiger partial charge on any atom is 0.232 e. The molecule has 0 saturated carbocycles. The monoisotopic (exact) mass is 478 g/mol. The zero-order valence-electron chi connectivity index (χ0n) is 19.6. The van der Waals surface area contributed by atoms with Gasteiger partial charge in [0, 0.05) is 16.9 Å². The van der Waals surface area contributed by atoms with Crippen LogP contribution in [0.15, 0.2) is 102 Å². The minimum atomic E-state index is -0.819. The van der Waals surface area contributed by atoms with Crippen LogP contribution in [0.2, 0.25) is 0 Å². The van der Waals surface area contributed by atoms with Gasteiger partial charge >= 0.3 is 0 Å². The molecule has 0 fully saturated rings. The molecule has 0 aliphatic heterocycles. The number of aromatic nitrogens is 1. The highest BCUT2D eigenvalue weighted by molar-refractivity contribution is 7.14. The molecule has 35 heavy (non-hydrogen) atoms. The Hall–Kier alpha value is -3.96. The molecule has 1 amide bonds. The highest BCUT2D eigenvalue weighted by Gasteiger charge is 2.39. The lowest BCUT2D eigenvalue weighted by molar-refractivity contribution is -0.124. The third-order valence-electron chi connectivity index (χ3n) is 6.43. The minimum absolute atomic E-state index is 0.131. The molecule has 5 rings (SSSR count). The van der Waals surface area contributed by atoms with Crippen LogP contribution in [0.1, 0.15) is 30.9 Å². The summed E-state index contributed by atoms with van der Waals surface area (Å²) in [5, 5.41) is 18.0. The fourth-order valence-electron chi connectivity index (χ4n) is 4.67. The summed E-state index contributed by atoms with van der Waals surface area (Å²) in [7, 11) is 0. The lowest BCUT2D eigenvalue weighted by atomic mass is 9.70. The lowest BCUT2D eigenvalue weighted by Crippen LogP contribution is -2.37. The van der Waals surface area contributed by atoms with E-state index in [-0.39, 0.29) is 17.6 Å². The highest BCUT2D eigenvalue weighted by atomic mass is 32.1. The number of fused-ring (bicyclic) bond motifs is 1. The smallest absolute Gasteiger partial charge is 0.232 e. The van der Waals surface area contributed by atoms with Crippen molar-refractivity contribution < 1.29 is 9.90 Å². The van der Waals surface area contributed by atoms with E-state index in [0.717, 1.165) is 33.2 Å². The number of carbonyl (C=O) groups is 1. The summed E-state index contributed by atoms with van der Waals surface area (Å²) in [4.78, 5) is 18.4. The van der Waals surface area contributed by atoms with E-state index >= 15 is 0 Å². The van der Waals surface area contributed by atoms with Crippen molar-refractivity contribution in [2.75, 3.05) is 5.32 Å². The zero-order valence-corrected chi connectivity index (χ0v) is 20.4. The Labute approximate surface area is 208 Å². The molecular weight excluding hydrogens is 452 g/mol. The molecule has 0 radical (unpaired) electrons. The Morgan fingerprint density at radius 3 is 2.37 bits per heavy atom. The van der Waals surface area contributed by atoms with Crippen molar-refractivity contribution in [1.82, 2.24) is 4.98 Å². The van der Waals surface area contributed by atoms with Crippen LogP contribution in [-0.4, -0.2) is 16.0 Å². The number of carbonyl (C=O) groups excluding carboxylic acids is 1. The molecule has 174 valence electrons. The largest absolute Gasteiger partial charge is 0.508 e. The first-order valence-electron chi connectivity index (χ1n) is 11.5. The van der Waals surface area contributed by atoms with Crippen LogP contribution in [0.3, 0.4) is 0 Å². The number of hydrogen-bond donors (Lipinski definition) is 2. The summed E-state index contributed by atoms with van der Waals surface area (Å²) in [6.45, 7) is 3.87. The van der Waals surface area contributed by atoms with Gasteiger partial charge < -0.3 is 10.4 Å². The molecule has 0 saturated heterocycles. The van der Waals surface area contributed by atoms with E-state index in [9.17, 15) is 9.90 Å². The van der Waals surface area contributed by atoms with E-state index in [2.05, 4.69) is 29.6 Å². The first kappa shape index (κ1) is 22.8. The number of hydrogen-bond acceptors (Lipinski definition) is 4. The van der Waals surface area contributed by atoms with Crippen molar-refractivity contribution in [3.8, 4) is 17.0 Å². The molecule has 0 aliphatic carbocycles. The second kappa shape index (κ2) is 9.35. The number of amides is 1. The Kier molecular flexibility index (Phi) is 6.10. The summed E-state index contributed by atoms with van der Waals surface area (Å²) in [5.74, 6) is -0.207. The summed E-state index contributed by atoms with van der Waals surface area (Å²) < 4.78 is 0. The van der Waals surface area contributed by atoms with E-state index in [1.165, 1.54) is 11.3 Å². The van der Waals surface area contributed by atoms with Crippen LogP contribution >= 0.6 is 11.3 Å². The highest BCUT2D eigenvalue weighted by Crippen LogP contribution is 2.43. The molecule has 5 aromatic rings. The number of anilines is 1. The van der Waals surface area contributed by atoms with E-state index in [0.29, 0.717) is 5.13 Å². The molecule has 1 aromatic heterocycles. The standard InChI is InChI=1S/C30H26N2O2S/c1-30(2,27(21-11-4-3-5-12-21)22-14-8-15-23(33)18-22)28(34)32-29-31-26(19-35-29)25-17-9-13-20-10-6-7-16-24(20)25/h3-19,27,33H,1-2H3,(H,31,32,34). The number of phenolic OH excluding ortho intramolecular Hbond substituents is 1. The SMILES string of the molecule is CC(C)(C(=O)Nc1nc(-c2cccc3ccccc23)cs1)C(c1ccccc1)c1cccc(O)c1. The molecule has 4 nitrogen and oxygen atoms in total. The Morgan fingerprint density at radius 1 is 0.886 bits per heavy atom. The molecule has 4 aromatic carbocycles. The van der Waals surface area contributed by atoms with Gasteiger partial charge in [0.2, 0.25) is 5.91 Å². The molecule has 0 aliphatic rings. The average Bonchev–Trinajstić information content (AvgIpc) is 3.32. The molecule has 5 heteroatoms. The molecule has 2 N–H and O–H groups in total. The van der Waals surface area contributed by atoms with Gasteiger partial charge in [0.15, 0.2) is 5.13 Å². The van der Waals surface area contributed by atoms with Gasteiger partial charge in [-0.15, -0.1) is 11.3 Å². The van der Waals surface area contributed by atoms with Crippen molar-refractivity contribution in [1.29, 1.82) is 0 Å². The van der Waals surface area contributed by atoms with E-state index in [4.69, 9.17) is 4.98 Å². The number of nitrogens with zero attached hydrogens (tertiary/aromatic N) is 1. The van der Waals surface area contributed by atoms with Crippen LogP contribution in [0, 0.1) is 5.41 Å². The van der Waals surface area contributed by atoms with E-state index in [1.54, 1.807) is 12.1 Å². The molecule has 1 atom stereocenters. The van der Waals surface area contributed by atoms with Crippen molar-refractivity contribution >= 4 is 33.1 Å². The van der Waals surface area contributed by atoms with Gasteiger partial charge in [-0.05, 0) is 34.0 Å². The molecule has 1 unspecified atom stereocenters. The van der Waals surface area contributed by atoms with Gasteiger partial charge in [0.05, 0.1) is 11.1 Å². The van der Waals surface area contributed by atoms with Gasteiger partial charge in [-0.3, -0.25) is 4.79 Å². The number of phenols is 1. The third-order valence-corrected chi connectivity index (χ3v) is 7.19. The predicted octanol–water partition coefficient (Wildman–Crippen LogP) is 7.47.